The van der Waals surface area contributed by atoms with Gasteiger partial charge in [-0.05, 0) is 17.7 Å². The van der Waals surface area contributed by atoms with E-state index in [9.17, 15) is 23.1 Å². The number of nitrogens with zero attached hydrogens (tertiary/aromatic N) is 3. The standard InChI is InChI=1S/C22H22F3N3O2S/c23-22(24,25)21(30,16-6-2-1-3-7-16)14-20(29)28-12-10-27(11-13-28)15-19-26-17-8-4-5-9-18(17)31-19/h1-9,30H,10-15H2/t21-/m0/s1. The van der Waals surface area contributed by atoms with Crippen molar-refractivity contribution in [1.29, 1.82) is 0 Å². The van der Waals surface area contributed by atoms with Crippen LogP contribution in [0.1, 0.15) is 17.0 Å². The number of benzene rings is 2. The van der Waals surface area contributed by atoms with E-state index in [0.29, 0.717) is 32.7 Å². The van der Waals surface area contributed by atoms with Crippen LogP contribution in [0, 0.1) is 0 Å². The second-order valence-electron chi connectivity index (χ2n) is 7.63. The van der Waals surface area contributed by atoms with Crippen LogP contribution in [0.15, 0.2) is 54.6 Å². The van der Waals surface area contributed by atoms with Crippen LogP contribution in [0.25, 0.3) is 10.2 Å². The van der Waals surface area contributed by atoms with Crippen molar-refractivity contribution in [1.82, 2.24) is 14.8 Å². The van der Waals surface area contributed by atoms with E-state index in [1.165, 1.54) is 29.2 Å². The van der Waals surface area contributed by atoms with Gasteiger partial charge in [-0.2, -0.15) is 13.2 Å². The van der Waals surface area contributed by atoms with E-state index in [1.807, 2.05) is 24.3 Å². The molecule has 0 aliphatic carbocycles. The Morgan fingerprint density at radius 1 is 1.00 bits per heavy atom. The maximum atomic E-state index is 13.7. The average molecular weight is 449 g/mol. The lowest BCUT2D eigenvalue weighted by Crippen LogP contribution is -2.52. The molecule has 1 atom stereocenters. The molecule has 31 heavy (non-hydrogen) atoms. The summed E-state index contributed by atoms with van der Waals surface area (Å²) in [7, 11) is 0. The quantitative estimate of drug-likeness (QED) is 0.644. The van der Waals surface area contributed by atoms with Crippen LogP contribution in [-0.2, 0) is 16.9 Å². The van der Waals surface area contributed by atoms with E-state index in [-0.39, 0.29) is 5.56 Å². The van der Waals surface area contributed by atoms with E-state index >= 15 is 0 Å². The highest BCUT2D eigenvalue weighted by molar-refractivity contribution is 7.18. The molecular formula is C22H22F3N3O2S. The smallest absolute Gasteiger partial charge is 0.376 e. The monoisotopic (exact) mass is 449 g/mol. The second kappa shape index (κ2) is 8.57. The molecule has 1 amide bonds. The van der Waals surface area contributed by atoms with Crippen LogP contribution in [0.2, 0.25) is 0 Å². The number of hydrogen-bond donors (Lipinski definition) is 1. The number of amides is 1. The van der Waals surface area contributed by atoms with Crippen molar-refractivity contribution in [2.45, 2.75) is 24.7 Å². The zero-order valence-corrected chi connectivity index (χ0v) is 17.5. The highest BCUT2D eigenvalue weighted by Gasteiger charge is 2.56. The summed E-state index contributed by atoms with van der Waals surface area (Å²) in [5.74, 6) is -0.705. The molecular weight excluding hydrogens is 427 g/mol. The Kier molecular flexibility index (Phi) is 6.00. The van der Waals surface area contributed by atoms with Gasteiger partial charge >= 0.3 is 6.18 Å². The third kappa shape index (κ3) is 4.58. The van der Waals surface area contributed by atoms with Gasteiger partial charge in [-0.15, -0.1) is 11.3 Å². The normalized spacial score (nSPS) is 17.6. The number of alkyl halides is 3. The van der Waals surface area contributed by atoms with Crippen LogP contribution in [0.5, 0.6) is 0 Å². The number of hydrogen-bond acceptors (Lipinski definition) is 5. The summed E-state index contributed by atoms with van der Waals surface area (Å²) in [4.78, 5) is 20.8. The first kappa shape index (κ1) is 21.7. The van der Waals surface area contributed by atoms with Crippen molar-refractivity contribution >= 4 is 27.5 Å². The first-order valence-corrected chi connectivity index (χ1v) is 10.8. The Labute approximate surface area is 181 Å². The molecule has 9 heteroatoms. The largest absolute Gasteiger partial charge is 0.421 e. The number of piperazine rings is 1. The molecule has 1 aliphatic heterocycles. The topological polar surface area (TPSA) is 56.7 Å². The number of carbonyl (C=O) groups excluding carboxylic acids is 1. The SMILES string of the molecule is O=C(C[C@](O)(c1ccccc1)C(F)(F)F)N1CCN(Cc2nc3ccccc3s2)CC1. The van der Waals surface area contributed by atoms with Gasteiger partial charge < -0.3 is 10.0 Å². The molecule has 2 heterocycles. The number of aromatic nitrogens is 1. The van der Waals surface area contributed by atoms with E-state index in [1.54, 1.807) is 17.4 Å². The summed E-state index contributed by atoms with van der Waals surface area (Å²) in [6, 6.07) is 14.6. The number of fused-ring (bicyclic) bond motifs is 1. The van der Waals surface area contributed by atoms with E-state index in [2.05, 4.69) is 9.88 Å². The highest BCUT2D eigenvalue weighted by Crippen LogP contribution is 2.42. The third-order valence-electron chi connectivity index (χ3n) is 5.55. The van der Waals surface area contributed by atoms with Crippen molar-refractivity contribution in [2.75, 3.05) is 26.2 Å². The zero-order valence-electron chi connectivity index (χ0n) is 16.7. The molecule has 4 rings (SSSR count). The molecule has 0 unspecified atom stereocenters. The number of para-hydroxylation sites is 1. The summed E-state index contributed by atoms with van der Waals surface area (Å²) in [5, 5.41) is 11.4. The Morgan fingerprint density at radius 3 is 2.29 bits per heavy atom. The molecule has 0 saturated carbocycles. The van der Waals surface area contributed by atoms with E-state index in [0.717, 1.165) is 15.2 Å². The molecule has 0 radical (unpaired) electrons. The van der Waals surface area contributed by atoms with Gasteiger partial charge in [-0.25, -0.2) is 4.98 Å². The fourth-order valence-corrected chi connectivity index (χ4v) is 4.75. The van der Waals surface area contributed by atoms with Gasteiger partial charge in [0.1, 0.15) is 5.01 Å². The third-order valence-corrected chi connectivity index (χ3v) is 6.57. The molecule has 1 fully saturated rings. The van der Waals surface area contributed by atoms with Crippen molar-refractivity contribution in [3.63, 3.8) is 0 Å². The minimum absolute atomic E-state index is 0.312. The molecule has 1 aliphatic rings. The lowest BCUT2D eigenvalue weighted by Gasteiger charge is -2.37. The number of aliphatic hydroxyl groups is 1. The molecule has 0 spiro atoms. The molecule has 5 nitrogen and oxygen atoms in total. The second-order valence-corrected chi connectivity index (χ2v) is 8.75. The molecule has 1 N–H and O–H groups in total. The number of thiazole rings is 1. The number of rotatable bonds is 5. The Balaban J connectivity index is 1.38. The minimum Gasteiger partial charge on any atom is -0.376 e. The predicted molar refractivity (Wildman–Crippen MR) is 112 cm³/mol. The maximum absolute atomic E-state index is 13.7. The van der Waals surface area contributed by atoms with Gasteiger partial charge in [-0.1, -0.05) is 42.5 Å². The molecule has 2 aromatic carbocycles. The fraction of sp³-hybridized carbons (Fsp3) is 0.364. The number of carbonyl (C=O) groups is 1. The van der Waals surface area contributed by atoms with Crippen LogP contribution in [-0.4, -0.2) is 58.2 Å². The molecule has 1 saturated heterocycles. The van der Waals surface area contributed by atoms with Gasteiger partial charge in [0.15, 0.2) is 5.60 Å². The summed E-state index contributed by atoms with van der Waals surface area (Å²) >= 11 is 1.61. The molecule has 3 aromatic rings. The lowest BCUT2D eigenvalue weighted by molar-refractivity contribution is -0.268. The summed E-state index contributed by atoms with van der Waals surface area (Å²) in [6.07, 6.45) is -5.99. The van der Waals surface area contributed by atoms with Gasteiger partial charge in [0.2, 0.25) is 5.91 Å². The zero-order chi connectivity index (χ0) is 22.1. The highest BCUT2D eigenvalue weighted by atomic mass is 32.1. The Hall–Kier alpha value is -2.49. The van der Waals surface area contributed by atoms with Crippen LogP contribution < -0.4 is 0 Å². The Bertz CT molecular complexity index is 1020. The van der Waals surface area contributed by atoms with E-state index in [4.69, 9.17) is 0 Å². The van der Waals surface area contributed by atoms with Gasteiger partial charge in [0.25, 0.3) is 0 Å². The van der Waals surface area contributed by atoms with Crippen LogP contribution >= 0.6 is 11.3 Å². The van der Waals surface area contributed by atoms with Crippen molar-refractivity contribution < 1.29 is 23.1 Å². The van der Waals surface area contributed by atoms with Gasteiger partial charge in [0.05, 0.1) is 23.2 Å². The summed E-state index contributed by atoms with van der Waals surface area (Å²) in [6.45, 7) is 2.34. The van der Waals surface area contributed by atoms with Gasteiger partial charge in [0, 0.05) is 26.2 Å². The van der Waals surface area contributed by atoms with Crippen molar-refractivity contribution in [3.8, 4) is 0 Å². The fourth-order valence-electron chi connectivity index (χ4n) is 3.74. The van der Waals surface area contributed by atoms with Crippen LogP contribution in [0.3, 0.4) is 0 Å². The maximum Gasteiger partial charge on any atom is 0.421 e. The minimum atomic E-state index is -4.96. The van der Waals surface area contributed by atoms with Crippen LogP contribution in [0.4, 0.5) is 13.2 Å². The molecule has 0 bridgehead atoms. The number of halogens is 3. The van der Waals surface area contributed by atoms with Crippen molar-refractivity contribution in [3.05, 3.63) is 65.2 Å². The summed E-state index contributed by atoms with van der Waals surface area (Å²) in [5.41, 5.74) is -2.59. The van der Waals surface area contributed by atoms with Crippen molar-refractivity contribution in [2.24, 2.45) is 0 Å². The molecule has 1 aromatic heterocycles. The van der Waals surface area contributed by atoms with E-state index < -0.39 is 24.1 Å². The lowest BCUT2D eigenvalue weighted by atomic mass is 9.89. The Morgan fingerprint density at radius 2 is 1.65 bits per heavy atom. The first-order chi connectivity index (χ1) is 14.8. The molecule has 164 valence electrons. The predicted octanol–water partition coefficient (Wildman–Crippen LogP) is 3.78. The first-order valence-electron chi connectivity index (χ1n) is 9.95. The summed E-state index contributed by atoms with van der Waals surface area (Å²) < 4.78 is 42.1. The average Bonchev–Trinajstić information content (AvgIpc) is 3.16. The van der Waals surface area contributed by atoms with Gasteiger partial charge in [-0.3, -0.25) is 9.69 Å².